The molecule has 1 fully saturated rings. The summed E-state index contributed by atoms with van der Waals surface area (Å²) in [6.45, 7) is 0. The number of rotatable bonds is 2. The van der Waals surface area contributed by atoms with Crippen molar-refractivity contribution in [1.82, 2.24) is 4.90 Å². The van der Waals surface area contributed by atoms with E-state index in [1.165, 1.54) is 18.6 Å². The average Bonchev–Trinajstić information content (AvgIpc) is 2.41. The Bertz CT molecular complexity index is 483. The van der Waals surface area contributed by atoms with Crippen molar-refractivity contribution in [1.29, 1.82) is 0 Å². The molecule has 1 aromatic rings. The second-order valence-electron chi connectivity index (χ2n) is 4.91. The predicted molar refractivity (Wildman–Crippen MR) is 78.5 cm³/mol. The smallest absolute Gasteiger partial charge is 0.253 e. The Morgan fingerprint density at radius 2 is 2.11 bits per heavy atom. The normalized spacial score (nSPS) is 23.2. The van der Waals surface area contributed by atoms with Crippen LogP contribution in [0.15, 0.2) is 18.2 Å². The van der Waals surface area contributed by atoms with Crippen molar-refractivity contribution in [2.24, 2.45) is 0 Å². The molecule has 19 heavy (non-hydrogen) atoms. The summed E-state index contributed by atoms with van der Waals surface area (Å²) in [4.78, 5) is 14.4. The number of carbonyl (C=O) groups is 1. The quantitative estimate of drug-likeness (QED) is 0.731. The van der Waals surface area contributed by atoms with Gasteiger partial charge in [-0.25, -0.2) is 4.39 Å². The molecule has 0 bridgehead atoms. The lowest BCUT2D eigenvalue weighted by molar-refractivity contribution is 0.0704. The molecular formula is C14H16BrClFNO. The van der Waals surface area contributed by atoms with Crippen molar-refractivity contribution in [3.63, 3.8) is 0 Å². The van der Waals surface area contributed by atoms with Gasteiger partial charge in [-0.15, -0.1) is 0 Å². The van der Waals surface area contributed by atoms with Gasteiger partial charge in [0.05, 0.1) is 5.02 Å². The highest BCUT2D eigenvalue weighted by Gasteiger charge is 2.29. The van der Waals surface area contributed by atoms with Gasteiger partial charge in [0.25, 0.3) is 5.91 Å². The second kappa shape index (κ2) is 6.23. The number of benzene rings is 1. The largest absolute Gasteiger partial charge is 0.338 e. The third-order valence-corrected chi connectivity index (χ3v) is 5.01. The lowest BCUT2D eigenvalue weighted by Crippen LogP contribution is -2.44. The predicted octanol–water partition coefficient (Wildman–Crippen LogP) is 4.26. The minimum atomic E-state index is -0.556. The molecule has 1 aromatic carbocycles. The van der Waals surface area contributed by atoms with Gasteiger partial charge in [0.2, 0.25) is 0 Å². The fourth-order valence-electron chi connectivity index (χ4n) is 2.49. The number of nitrogens with zero attached hydrogens (tertiary/aromatic N) is 1. The molecule has 2 rings (SSSR count). The van der Waals surface area contributed by atoms with E-state index in [2.05, 4.69) is 15.9 Å². The molecule has 104 valence electrons. The number of alkyl halides is 1. The van der Waals surface area contributed by atoms with E-state index in [9.17, 15) is 9.18 Å². The molecule has 0 saturated heterocycles. The summed E-state index contributed by atoms with van der Waals surface area (Å²) in [6, 6.07) is 4.36. The second-order valence-corrected chi connectivity index (χ2v) is 6.50. The van der Waals surface area contributed by atoms with Gasteiger partial charge in [-0.3, -0.25) is 4.79 Å². The first kappa shape index (κ1) is 14.8. The van der Waals surface area contributed by atoms with Crippen LogP contribution in [0.3, 0.4) is 0 Å². The Balaban J connectivity index is 2.15. The van der Waals surface area contributed by atoms with E-state index in [1.807, 2.05) is 0 Å². The van der Waals surface area contributed by atoms with Crippen LogP contribution in [-0.4, -0.2) is 28.7 Å². The van der Waals surface area contributed by atoms with Gasteiger partial charge in [-0.2, -0.15) is 0 Å². The number of hydrogen-bond acceptors (Lipinski definition) is 1. The summed E-state index contributed by atoms with van der Waals surface area (Å²) in [5.74, 6) is -0.716. The Morgan fingerprint density at radius 1 is 1.42 bits per heavy atom. The first-order valence-electron chi connectivity index (χ1n) is 6.37. The van der Waals surface area contributed by atoms with Gasteiger partial charge in [0.15, 0.2) is 0 Å². The van der Waals surface area contributed by atoms with Crippen LogP contribution in [0, 0.1) is 5.82 Å². The van der Waals surface area contributed by atoms with Crippen LogP contribution in [0.2, 0.25) is 5.02 Å². The molecule has 2 unspecified atom stereocenters. The molecule has 0 spiro atoms. The van der Waals surface area contributed by atoms with Gasteiger partial charge in [0, 0.05) is 23.5 Å². The molecule has 1 amide bonds. The van der Waals surface area contributed by atoms with Crippen LogP contribution < -0.4 is 0 Å². The number of halogens is 3. The van der Waals surface area contributed by atoms with E-state index in [4.69, 9.17) is 11.6 Å². The van der Waals surface area contributed by atoms with E-state index >= 15 is 0 Å². The van der Waals surface area contributed by atoms with Gasteiger partial charge in [0.1, 0.15) is 5.82 Å². The van der Waals surface area contributed by atoms with Crippen LogP contribution in [-0.2, 0) is 0 Å². The topological polar surface area (TPSA) is 20.3 Å². The number of amides is 1. The lowest BCUT2D eigenvalue weighted by atomic mass is 9.94. The van der Waals surface area contributed by atoms with E-state index in [0.717, 1.165) is 19.3 Å². The molecule has 1 aliphatic rings. The fraction of sp³-hybridized carbons (Fsp3) is 0.500. The molecule has 1 saturated carbocycles. The average molecular weight is 349 g/mol. The van der Waals surface area contributed by atoms with Crippen molar-refractivity contribution >= 4 is 33.4 Å². The summed E-state index contributed by atoms with van der Waals surface area (Å²) >= 11 is 9.26. The highest BCUT2D eigenvalue weighted by Crippen LogP contribution is 2.29. The van der Waals surface area contributed by atoms with Gasteiger partial charge < -0.3 is 4.90 Å². The molecule has 1 aliphatic carbocycles. The summed E-state index contributed by atoms with van der Waals surface area (Å²) in [5.41, 5.74) is 0.342. The van der Waals surface area contributed by atoms with E-state index in [1.54, 1.807) is 18.0 Å². The van der Waals surface area contributed by atoms with E-state index < -0.39 is 5.82 Å². The van der Waals surface area contributed by atoms with Crippen LogP contribution in [0.25, 0.3) is 0 Å². The first-order chi connectivity index (χ1) is 9.00. The third-order valence-electron chi connectivity index (χ3n) is 3.63. The van der Waals surface area contributed by atoms with E-state index in [-0.39, 0.29) is 17.0 Å². The molecule has 0 aliphatic heterocycles. The zero-order valence-corrected chi connectivity index (χ0v) is 13.0. The highest BCUT2D eigenvalue weighted by atomic mass is 79.9. The minimum absolute atomic E-state index is 0.0373. The van der Waals surface area contributed by atoms with Crippen molar-refractivity contribution < 1.29 is 9.18 Å². The maximum atomic E-state index is 13.4. The van der Waals surface area contributed by atoms with Crippen LogP contribution >= 0.6 is 27.5 Å². The minimum Gasteiger partial charge on any atom is -0.338 e. The summed E-state index contributed by atoms with van der Waals surface area (Å²) < 4.78 is 13.4. The van der Waals surface area contributed by atoms with Crippen LogP contribution in [0.5, 0.6) is 0 Å². The summed E-state index contributed by atoms with van der Waals surface area (Å²) in [5, 5.41) is 0.0373. The van der Waals surface area contributed by atoms with Gasteiger partial charge in [-0.1, -0.05) is 40.4 Å². The molecular weight excluding hydrogens is 333 g/mol. The maximum absolute atomic E-state index is 13.4. The molecule has 5 heteroatoms. The third kappa shape index (κ3) is 3.29. The van der Waals surface area contributed by atoms with Crippen molar-refractivity contribution in [3.8, 4) is 0 Å². The molecule has 0 aromatic heterocycles. The molecule has 0 N–H and O–H groups in total. The van der Waals surface area contributed by atoms with Crippen molar-refractivity contribution in [2.45, 2.75) is 36.6 Å². The summed E-state index contributed by atoms with van der Waals surface area (Å²) in [6.07, 6.45) is 4.36. The molecule has 2 nitrogen and oxygen atoms in total. The number of carbonyl (C=O) groups excluding carboxylic acids is 1. The maximum Gasteiger partial charge on any atom is 0.253 e. The summed E-state index contributed by atoms with van der Waals surface area (Å²) in [7, 11) is 1.78. The highest BCUT2D eigenvalue weighted by molar-refractivity contribution is 9.09. The standard InChI is InChI=1S/C14H16BrClFNO/c1-18(13-5-3-2-4-10(13)15)14(19)9-6-7-11(16)12(17)8-9/h6-8,10,13H,2-5H2,1H3. The van der Waals surface area contributed by atoms with Gasteiger partial charge >= 0.3 is 0 Å². The molecule has 2 atom stereocenters. The fourth-order valence-corrected chi connectivity index (χ4v) is 3.55. The molecule has 0 heterocycles. The molecule has 0 radical (unpaired) electrons. The Hall–Kier alpha value is -0.610. The van der Waals surface area contributed by atoms with Crippen LogP contribution in [0.1, 0.15) is 36.0 Å². The number of hydrogen-bond donors (Lipinski definition) is 0. The van der Waals surface area contributed by atoms with Crippen molar-refractivity contribution in [2.75, 3.05) is 7.05 Å². The van der Waals surface area contributed by atoms with Gasteiger partial charge in [-0.05, 0) is 31.0 Å². The van der Waals surface area contributed by atoms with E-state index in [0.29, 0.717) is 10.4 Å². The Morgan fingerprint density at radius 3 is 2.74 bits per heavy atom. The monoisotopic (exact) mass is 347 g/mol. The van der Waals surface area contributed by atoms with Crippen molar-refractivity contribution in [3.05, 3.63) is 34.6 Å². The Kier molecular flexibility index (Phi) is 4.85. The SMILES string of the molecule is CN(C(=O)c1ccc(Cl)c(F)c1)C1CCCCC1Br. The first-order valence-corrected chi connectivity index (χ1v) is 7.66. The lowest BCUT2D eigenvalue weighted by Gasteiger charge is -2.35. The zero-order chi connectivity index (χ0) is 14.0. The van der Waals surface area contributed by atoms with Crippen LogP contribution in [0.4, 0.5) is 4.39 Å². The zero-order valence-electron chi connectivity index (χ0n) is 10.7. The Labute approximate surface area is 126 Å².